The molecule has 2 bridgehead atoms. The average Bonchev–Trinajstić information content (AvgIpc) is 2.08. The molecule has 3 aliphatic rings. The van der Waals surface area contributed by atoms with Crippen LogP contribution in [0, 0.1) is 28.1 Å². The molecule has 0 aromatic carbocycles. The first-order valence-electron chi connectivity index (χ1n) is 5.06. The summed E-state index contributed by atoms with van der Waals surface area (Å²) in [6.45, 7) is 6.83. The minimum absolute atomic E-state index is 0.0780. The highest BCUT2D eigenvalue weighted by atomic mass is 16.7. The van der Waals surface area contributed by atoms with E-state index in [2.05, 4.69) is 26.1 Å². The molecule has 4 unspecified atom stereocenters. The maximum Gasteiger partial charge on any atom is 0.155 e. The van der Waals surface area contributed by atoms with Crippen LogP contribution in [0.25, 0.3) is 0 Å². The summed E-state index contributed by atoms with van der Waals surface area (Å²) in [4.78, 5) is 14.9. The van der Waals surface area contributed by atoms with Crippen LogP contribution in [-0.2, 0) is 4.84 Å². The van der Waals surface area contributed by atoms with Crippen molar-refractivity contribution in [2.75, 3.05) is 0 Å². The first kappa shape index (κ1) is 8.97. The van der Waals surface area contributed by atoms with Gasteiger partial charge in [0.05, 0.1) is 0 Å². The van der Waals surface area contributed by atoms with Crippen molar-refractivity contribution in [3.05, 3.63) is 4.91 Å². The van der Waals surface area contributed by atoms with E-state index in [0.717, 1.165) is 18.3 Å². The van der Waals surface area contributed by atoms with Crippen molar-refractivity contribution in [1.29, 1.82) is 0 Å². The van der Waals surface area contributed by atoms with Crippen molar-refractivity contribution >= 4 is 0 Å². The zero-order valence-electron chi connectivity index (χ0n) is 8.49. The van der Waals surface area contributed by atoms with Gasteiger partial charge in [-0.1, -0.05) is 20.8 Å². The molecule has 3 saturated carbocycles. The van der Waals surface area contributed by atoms with Crippen molar-refractivity contribution in [2.24, 2.45) is 28.5 Å². The molecule has 3 fully saturated rings. The third kappa shape index (κ3) is 1.09. The topological polar surface area (TPSA) is 38.7 Å². The van der Waals surface area contributed by atoms with Gasteiger partial charge in [0.2, 0.25) is 0 Å². The molecule has 3 aliphatic carbocycles. The Kier molecular flexibility index (Phi) is 1.86. The Morgan fingerprint density at radius 1 is 1.38 bits per heavy atom. The van der Waals surface area contributed by atoms with E-state index in [1.807, 2.05) is 0 Å². The summed E-state index contributed by atoms with van der Waals surface area (Å²) >= 11 is 0. The Hall–Kier alpha value is -0.600. The van der Waals surface area contributed by atoms with Crippen LogP contribution < -0.4 is 0 Å². The van der Waals surface area contributed by atoms with E-state index >= 15 is 0 Å². The molecule has 0 aliphatic heterocycles. The average molecular weight is 183 g/mol. The Bertz CT molecular complexity index is 227. The highest BCUT2D eigenvalue weighted by molar-refractivity contribution is 5.05. The molecule has 0 spiro atoms. The summed E-state index contributed by atoms with van der Waals surface area (Å²) < 4.78 is 0. The van der Waals surface area contributed by atoms with Gasteiger partial charge >= 0.3 is 0 Å². The maximum atomic E-state index is 10.0. The first-order chi connectivity index (χ1) is 6.07. The molecule has 0 N–H and O–H groups in total. The smallest absolute Gasteiger partial charge is 0.155 e. The normalized spacial score (nSPS) is 46.4. The maximum absolute atomic E-state index is 10.0. The van der Waals surface area contributed by atoms with E-state index in [0.29, 0.717) is 11.3 Å². The summed E-state index contributed by atoms with van der Waals surface area (Å²) in [5.41, 5.74) is 0.460. The quantitative estimate of drug-likeness (QED) is 0.487. The molecule has 3 heteroatoms. The second kappa shape index (κ2) is 2.69. The number of nitrogens with zero attached hydrogens (tertiary/aromatic N) is 1. The van der Waals surface area contributed by atoms with Crippen LogP contribution in [0.4, 0.5) is 0 Å². The summed E-state index contributed by atoms with van der Waals surface area (Å²) in [6.07, 6.45) is 2.40. The van der Waals surface area contributed by atoms with Crippen LogP contribution in [-0.4, -0.2) is 6.10 Å². The van der Waals surface area contributed by atoms with Crippen molar-refractivity contribution < 1.29 is 4.84 Å². The predicted molar refractivity (Wildman–Crippen MR) is 49.8 cm³/mol. The second-order valence-corrected chi connectivity index (χ2v) is 5.17. The van der Waals surface area contributed by atoms with E-state index in [-0.39, 0.29) is 6.10 Å². The number of fused-ring (bicyclic) bond motifs is 2. The van der Waals surface area contributed by atoms with Crippen molar-refractivity contribution in [1.82, 2.24) is 0 Å². The monoisotopic (exact) mass is 183 g/mol. The summed E-state index contributed by atoms with van der Waals surface area (Å²) in [5, 5.41) is 2.56. The predicted octanol–water partition coefficient (Wildman–Crippen LogP) is 2.76. The largest absolute Gasteiger partial charge is 0.360 e. The van der Waals surface area contributed by atoms with Gasteiger partial charge in [0.25, 0.3) is 0 Å². The molecule has 74 valence electrons. The third-order valence-electron chi connectivity index (χ3n) is 4.46. The highest BCUT2D eigenvalue weighted by Crippen LogP contribution is 2.61. The van der Waals surface area contributed by atoms with Crippen molar-refractivity contribution in [2.45, 2.75) is 39.7 Å². The van der Waals surface area contributed by atoms with Crippen LogP contribution in [0.3, 0.4) is 0 Å². The number of rotatable bonds is 2. The molecule has 4 atom stereocenters. The van der Waals surface area contributed by atoms with Crippen molar-refractivity contribution in [3.63, 3.8) is 0 Å². The Labute approximate surface area is 78.8 Å². The van der Waals surface area contributed by atoms with Gasteiger partial charge in [-0.15, -0.1) is 4.91 Å². The third-order valence-corrected chi connectivity index (χ3v) is 4.46. The standard InChI is InChI=1S/C10H17NO2/c1-6-8-4-7(10(8,2)3)5-9(6)13-11-12/h6-9H,4-5H2,1-3H3. The van der Waals surface area contributed by atoms with Crippen LogP contribution in [0.2, 0.25) is 0 Å². The van der Waals surface area contributed by atoms with Gasteiger partial charge in [-0.2, -0.15) is 0 Å². The van der Waals surface area contributed by atoms with Crippen LogP contribution in [0.5, 0.6) is 0 Å². The molecule has 0 radical (unpaired) electrons. The summed E-state index contributed by atoms with van der Waals surface area (Å²) in [5.74, 6) is 1.94. The lowest BCUT2D eigenvalue weighted by Gasteiger charge is -2.60. The van der Waals surface area contributed by atoms with E-state index in [1.165, 1.54) is 6.42 Å². The zero-order chi connectivity index (χ0) is 9.64. The molecule has 3 nitrogen and oxygen atoms in total. The van der Waals surface area contributed by atoms with E-state index < -0.39 is 0 Å². The minimum Gasteiger partial charge on any atom is -0.360 e. The fourth-order valence-electron chi connectivity index (χ4n) is 3.30. The number of hydrogen-bond acceptors (Lipinski definition) is 3. The molecule has 13 heavy (non-hydrogen) atoms. The molecular formula is C10H17NO2. The van der Waals surface area contributed by atoms with Gasteiger partial charge in [-0.05, 0) is 36.0 Å². The van der Waals surface area contributed by atoms with Gasteiger partial charge < -0.3 is 4.84 Å². The Balaban J connectivity index is 2.07. The van der Waals surface area contributed by atoms with Gasteiger partial charge in [-0.3, -0.25) is 0 Å². The lowest BCUT2D eigenvalue weighted by Crippen LogP contribution is -2.56. The van der Waals surface area contributed by atoms with Crippen LogP contribution in [0.1, 0.15) is 33.6 Å². The van der Waals surface area contributed by atoms with Crippen LogP contribution >= 0.6 is 0 Å². The van der Waals surface area contributed by atoms with E-state index in [4.69, 9.17) is 4.84 Å². The molecule has 0 heterocycles. The SMILES string of the molecule is CC1C(ON=O)CC2CC1C2(C)C. The second-order valence-electron chi connectivity index (χ2n) is 5.17. The van der Waals surface area contributed by atoms with Gasteiger partial charge in [0.1, 0.15) is 6.10 Å². The molecule has 0 amide bonds. The lowest BCUT2D eigenvalue weighted by molar-refractivity contribution is -0.172. The molecule has 0 saturated heterocycles. The van der Waals surface area contributed by atoms with E-state index in [9.17, 15) is 4.91 Å². The molecular weight excluding hydrogens is 166 g/mol. The first-order valence-corrected chi connectivity index (χ1v) is 5.06. The van der Waals surface area contributed by atoms with Crippen molar-refractivity contribution in [3.8, 4) is 0 Å². The zero-order valence-corrected chi connectivity index (χ0v) is 8.49. The molecule has 0 aromatic rings. The van der Waals surface area contributed by atoms with E-state index in [1.54, 1.807) is 0 Å². The van der Waals surface area contributed by atoms with Gasteiger partial charge in [-0.25, -0.2) is 0 Å². The highest BCUT2D eigenvalue weighted by Gasteiger charge is 2.57. The molecule has 3 rings (SSSR count). The van der Waals surface area contributed by atoms with Gasteiger partial charge in [0, 0.05) is 0 Å². The lowest BCUT2D eigenvalue weighted by atomic mass is 9.45. The Morgan fingerprint density at radius 3 is 2.54 bits per heavy atom. The number of hydrogen-bond donors (Lipinski definition) is 0. The fraction of sp³-hybridized carbons (Fsp3) is 1.00. The Morgan fingerprint density at radius 2 is 2.08 bits per heavy atom. The van der Waals surface area contributed by atoms with Gasteiger partial charge in [0.15, 0.2) is 5.34 Å². The summed E-state index contributed by atoms with van der Waals surface area (Å²) in [7, 11) is 0. The molecule has 0 aromatic heterocycles. The fourth-order valence-corrected chi connectivity index (χ4v) is 3.30. The summed E-state index contributed by atoms with van der Waals surface area (Å²) in [6, 6.07) is 0. The minimum atomic E-state index is 0.0780. The van der Waals surface area contributed by atoms with Crippen LogP contribution in [0.15, 0.2) is 5.34 Å².